The molecule has 26 heavy (non-hydrogen) atoms. The molecular weight excluding hydrogens is 361 g/mol. The summed E-state index contributed by atoms with van der Waals surface area (Å²) in [5.41, 5.74) is 6.67. The zero-order valence-electron chi connectivity index (χ0n) is 13.5. The number of rotatable bonds is 4. The van der Waals surface area contributed by atoms with E-state index in [2.05, 4.69) is 15.6 Å². The third-order valence-electron chi connectivity index (χ3n) is 3.70. The molecule has 0 saturated carbocycles. The van der Waals surface area contributed by atoms with Crippen LogP contribution in [0, 0.1) is 12.7 Å². The first kappa shape index (κ1) is 17.6. The van der Waals surface area contributed by atoms with Gasteiger partial charge in [-0.1, -0.05) is 28.9 Å². The molecule has 1 heterocycles. The molecule has 3 aromatic rings. The minimum atomic E-state index is -0.665. The Hall–Kier alpha value is -3.26. The summed E-state index contributed by atoms with van der Waals surface area (Å²) in [5.74, 6) is -1.79. The molecule has 0 unspecified atom stereocenters. The topological polar surface area (TPSA) is 103 Å². The van der Waals surface area contributed by atoms with Crippen molar-refractivity contribution in [3.63, 3.8) is 0 Å². The molecule has 9 heteroatoms. The fourth-order valence-electron chi connectivity index (χ4n) is 2.39. The van der Waals surface area contributed by atoms with Crippen molar-refractivity contribution in [2.75, 3.05) is 5.32 Å². The largest absolute Gasteiger partial charge is 0.366 e. The molecule has 0 spiro atoms. The highest BCUT2D eigenvalue weighted by molar-refractivity contribution is 6.30. The van der Waals surface area contributed by atoms with Gasteiger partial charge in [-0.3, -0.25) is 9.59 Å². The molecule has 0 atom stereocenters. The van der Waals surface area contributed by atoms with Crippen molar-refractivity contribution in [1.82, 2.24) is 15.0 Å². The number of hydrogen-bond donors (Lipinski definition) is 2. The van der Waals surface area contributed by atoms with Gasteiger partial charge in [0.25, 0.3) is 11.8 Å². The highest BCUT2D eigenvalue weighted by Gasteiger charge is 2.19. The van der Waals surface area contributed by atoms with Gasteiger partial charge < -0.3 is 11.1 Å². The molecule has 2 aromatic carbocycles. The third-order valence-corrected chi connectivity index (χ3v) is 3.99. The van der Waals surface area contributed by atoms with Crippen molar-refractivity contribution in [2.24, 2.45) is 5.73 Å². The molecule has 3 N–H and O–H groups in total. The van der Waals surface area contributed by atoms with Gasteiger partial charge >= 0.3 is 0 Å². The molecule has 1 aromatic heterocycles. The minimum absolute atomic E-state index is 0.0460. The number of para-hydroxylation sites is 1. The Kier molecular flexibility index (Phi) is 4.68. The number of hydrogen-bond acceptors (Lipinski definition) is 4. The van der Waals surface area contributed by atoms with Crippen molar-refractivity contribution in [1.29, 1.82) is 0 Å². The van der Waals surface area contributed by atoms with Crippen LogP contribution in [0.5, 0.6) is 0 Å². The third kappa shape index (κ3) is 3.27. The Labute approximate surface area is 152 Å². The Morgan fingerprint density at radius 3 is 2.65 bits per heavy atom. The van der Waals surface area contributed by atoms with Gasteiger partial charge in [0.15, 0.2) is 5.69 Å². The molecule has 3 rings (SSSR count). The number of primary amides is 1. The fraction of sp³-hybridized carbons (Fsp3) is 0.0588. The SMILES string of the molecule is Cc1c(C(=O)Nc2ccccc2C(N)=O)nnn1-c1ccc(F)c(Cl)c1. The lowest BCUT2D eigenvalue weighted by molar-refractivity contribution is 0.100. The van der Waals surface area contributed by atoms with E-state index in [9.17, 15) is 14.0 Å². The summed E-state index contributed by atoms with van der Waals surface area (Å²) in [6.07, 6.45) is 0. The lowest BCUT2D eigenvalue weighted by atomic mass is 10.1. The number of nitrogens with two attached hydrogens (primary N) is 1. The van der Waals surface area contributed by atoms with E-state index in [1.165, 1.54) is 28.9 Å². The maximum Gasteiger partial charge on any atom is 0.278 e. The molecular formula is C17H13ClFN5O2. The summed E-state index contributed by atoms with van der Waals surface area (Å²) in [5, 5.41) is 10.3. The van der Waals surface area contributed by atoms with Crippen LogP contribution in [0.4, 0.5) is 10.1 Å². The number of nitrogens with zero attached hydrogens (tertiary/aromatic N) is 3. The van der Waals surface area contributed by atoms with Crippen molar-refractivity contribution in [3.8, 4) is 5.69 Å². The number of carbonyl (C=O) groups is 2. The number of nitrogens with one attached hydrogen (secondary N) is 1. The number of amides is 2. The molecule has 0 fully saturated rings. The zero-order valence-corrected chi connectivity index (χ0v) is 14.3. The van der Waals surface area contributed by atoms with Crippen LogP contribution in [0.3, 0.4) is 0 Å². The molecule has 0 bridgehead atoms. The summed E-state index contributed by atoms with van der Waals surface area (Å²) in [6.45, 7) is 1.63. The Balaban J connectivity index is 1.91. The highest BCUT2D eigenvalue weighted by atomic mass is 35.5. The van der Waals surface area contributed by atoms with Crippen LogP contribution in [0.15, 0.2) is 42.5 Å². The van der Waals surface area contributed by atoms with E-state index in [4.69, 9.17) is 17.3 Å². The molecule has 0 saturated heterocycles. The fourth-order valence-corrected chi connectivity index (χ4v) is 2.56. The van der Waals surface area contributed by atoms with Crippen LogP contribution in [-0.2, 0) is 0 Å². The minimum Gasteiger partial charge on any atom is -0.366 e. The van der Waals surface area contributed by atoms with Crippen LogP contribution in [-0.4, -0.2) is 26.8 Å². The number of aromatic nitrogens is 3. The second kappa shape index (κ2) is 6.93. The number of anilines is 1. The maximum atomic E-state index is 13.3. The van der Waals surface area contributed by atoms with Crippen LogP contribution >= 0.6 is 11.6 Å². The van der Waals surface area contributed by atoms with E-state index >= 15 is 0 Å². The Morgan fingerprint density at radius 2 is 1.96 bits per heavy atom. The summed E-state index contributed by atoms with van der Waals surface area (Å²) in [4.78, 5) is 24.0. The predicted molar refractivity (Wildman–Crippen MR) is 94.0 cm³/mol. The first-order valence-electron chi connectivity index (χ1n) is 7.46. The van der Waals surface area contributed by atoms with Crippen molar-refractivity contribution in [3.05, 3.63) is 70.3 Å². The maximum absolute atomic E-state index is 13.3. The average molecular weight is 374 g/mol. The Bertz CT molecular complexity index is 1020. The lowest BCUT2D eigenvalue weighted by Gasteiger charge is -2.08. The summed E-state index contributed by atoms with van der Waals surface area (Å²) in [6, 6.07) is 10.4. The van der Waals surface area contributed by atoms with Crippen molar-refractivity contribution >= 4 is 29.1 Å². The molecule has 0 aliphatic heterocycles. The standard InChI is InChI=1S/C17H13ClFN5O2/c1-9-15(17(26)21-14-5-3-2-4-11(14)16(20)25)22-23-24(9)10-6-7-13(19)12(18)8-10/h2-8H,1H3,(H2,20,25)(H,21,26). The van der Waals surface area contributed by atoms with E-state index in [1.807, 2.05) is 0 Å². The summed E-state index contributed by atoms with van der Waals surface area (Å²) >= 11 is 5.78. The smallest absolute Gasteiger partial charge is 0.278 e. The van der Waals surface area contributed by atoms with Gasteiger partial charge in [-0.2, -0.15) is 0 Å². The highest BCUT2D eigenvalue weighted by Crippen LogP contribution is 2.21. The number of benzene rings is 2. The predicted octanol–water partition coefficient (Wildman–Crippen LogP) is 2.72. The van der Waals surface area contributed by atoms with Gasteiger partial charge in [0.1, 0.15) is 5.82 Å². The molecule has 0 aliphatic carbocycles. The van der Waals surface area contributed by atoms with Gasteiger partial charge in [0, 0.05) is 0 Å². The van der Waals surface area contributed by atoms with E-state index < -0.39 is 17.6 Å². The monoisotopic (exact) mass is 373 g/mol. The van der Waals surface area contributed by atoms with E-state index in [0.29, 0.717) is 11.4 Å². The van der Waals surface area contributed by atoms with Gasteiger partial charge in [-0.25, -0.2) is 9.07 Å². The van der Waals surface area contributed by atoms with Gasteiger partial charge in [0.2, 0.25) is 0 Å². The molecule has 0 radical (unpaired) electrons. The van der Waals surface area contributed by atoms with Gasteiger partial charge in [-0.05, 0) is 37.3 Å². The number of halogens is 2. The van der Waals surface area contributed by atoms with E-state index in [0.717, 1.165) is 0 Å². The van der Waals surface area contributed by atoms with Gasteiger partial charge in [0.05, 0.1) is 27.7 Å². The van der Waals surface area contributed by atoms with Crippen LogP contribution in [0.25, 0.3) is 5.69 Å². The van der Waals surface area contributed by atoms with E-state index in [-0.39, 0.29) is 22.0 Å². The van der Waals surface area contributed by atoms with Crippen molar-refractivity contribution < 1.29 is 14.0 Å². The molecule has 0 aliphatic rings. The van der Waals surface area contributed by atoms with Crippen LogP contribution in [0.2, 0.25) is 5.02 Å². The quantitative estimate of drug-likeness (QED) is 0.733. The Morgan fingerprint density at radius 1 is 1.23 bits per heavy atom. The summed E-state index contributed by atoms with van der Waals surface area (Å²) in [7, 11) is 0. The molecule has 2 amide bonds. The molecule has 132 valence electrons. The van der Waals surface area contributed by atoms with Gasteiger partial charge in [-0.15, -0.1) is 5.10 Å². The zero-order chi connectivity index (χ0) is 18.8. The van der Waals surface area contributed by atoms with Crippen molar-refractivity contribution in [2.45, 2.75) is 6.92 Å². The normalized spacial score (nSPS) is 10.6. The molecule has 7 nitrogen and oxygen atoms in total. The first-order chi connectivity index (χ1) is 12.4. The summed E-state index contributed by atoms with van der Waals surface area (Å²) < 4.78 is 14.7. The lowest BCUT2D eigenvalue weighted by Crippen LogP contribution is -2.19. The second-order valence-corrected chi connectivity index (χ2v) is 5.80. The number of carbonyl (C=O) groups excluding carboxylic acids is 2. The first-order valence-corrected chi connectivity index (χ1v) is 7.84. The van der Waals surface area contributed by atoms with Crippen LogP contribution in [0.1, 0.15) is 26.5 Å². The average Bonchev–Trinajstić information content (AvgIpc) is 2.99. The second-order valence-electron chi connectivity index (χ2n) is 5.40. The van der Waals surface area contributed by atoms with E-state index in [1.54, 1.807) is 25.1 Å². The van der Waals surface area contributed by atoms with Crippen LogP contribution < -0.4 is 11.1 Å².